The van der Waals surface area contributed by atoms with E-state index >= 15 is 0 Å². The molecule has 2 aliphatic carbocycles. The van der Waals surface area contributed by atoms with Crippen molar-refractivity contribution < 1.29 is 4.39 Å². The van der Waals surface area contributed by atoms with Crippen LogP contribution < -0.4 is 0 Å². The molecule has 1 nitrogen and oxygen atoms in total. The SMILES string of the molecule is N#CC1CCC(C2CCC(CCCCCC=CF)CC2)CC1. The van der Waals surface area contributed by atoms with E-state index in [2.05, 4.69) is 6.07 Å². The van der Waals surface area contributed by atoms with Gasteiger partial charge in [-0.15, -0.1) is 0 Å². The van der Waals surface area contributed by atoms with Gasteiger partial charge < -0.3 is 0 Å². The van der Waals surface area contributed by atoms with Crippen molar-refractivity contribution in [3.8, 4) is 6.07 Å². The van der Waals surface area contributed by atoms with Crippen LogP contribution in [0.25, 0.3) is 0 Å². The molecule has 0 amide bonds. The Balaban J connectivity index is 1.55. The summed E-state index contributed by atoms with van der Waals surface area (Å²) >= 11 is 0. The lowest BCUT2D eigenvalue weighted by molar-refractivity contribution is 0.152. The number of rotatable bonds is 7. The highest BCUT2D eigenvalue weighted by molar-refractivity contribution is 4.89. The van der Waals surface area contributed by atoms with Gasteiger partial charge in [0.1, 0.15) is 0 Å². The van der Waals surface area contributed by atoms with Crippen LogP contribution in [0.5, 0.6) is 0 Å². The molecule has 0 aromatic rings. The number of nitrogens with zero attached hydrogens (tertiary/aromatic N) is 1. The van der Waals surface area contributed by atoms with Crippen molar-refractivity contribution in [2.24, 2.45) is 23.7 Å². The molecule has 0 unspecified atom stereocenters. The molecular formula is C20H32FN. The number of allylic oxidation sites excluding steroid dienone is 1. The second-order valence-corrected chi connectivity index (χ2v) is 7.52. The summed E-state index contributed by atoms with van der Waals surface area (Å²) in [5.74, 6) is 3.16. The molecule has 0 spiro atoms. The Morgan fingerprint density at radius 1 is 0.864 bits per heavy atom. The molecule has 0 heterocycles. The number of nitriles is 1. The molecule has 22 heavy (non-hydrogen) atoms. The minimum Gasteiger partial charge on any atom is -0.216 e. The fourth-order valence-corrected chi connectivity index (χ4v) is 4.60. The predicted octanol–water partition coefficient (Wildman–Crippen LogP) is 6.56. The van der Waals surface area contributed by atoms with E-state index < -0.39 is 0 Å². The molecule has 0 aromatic heterocycles. The third kappa shape index (κ3) is 5.75. The van der Waals surface area contributed by atoms with E-state index in [1.807, 2.05) is 0 Å². The van der Waals surface area contributed by atoms with Gasteiger partial charge in [0.05, 0.1) is 12.4 Å². The Morgan fingerprint density at radius 3 is 2.09 bits per heavy atom. The van der Waals surface area contributed by atoms with E-state index in [-0.39, 0.29) is 0 Å². The minimum absolute atomic E-state index is 0.347. The minimum atomic E-state index is 0.347. The van der Waals surface area contributed by atoms with E-state index in [0.29, 0.717) is 12.2 Å². The van der Waals surface area contributed by atoms with E-state index in [9.17, 15) is 4.39 Å². The van der Waals surface area contributed by atoms with Crippen molar-refractivity contribution in [2.75, 3.05) is 0 Å². The average molecular weight is 305 g/mol. The molecule has 2 rings (SSSR count). The Morgan fingerprint density at radius 2 is 1.50 bits per heavy atom. The van der Waals surface area contributed by atoms with Gasteiger partial charge in [0, 0.05) is 5.92 Å². The van der Waals surface area contributed by atoms with Crippen LogP contribution >= 0.6 is 0 Å². The molecule has 0 bridgehead atoms. The van der Waals surface area contributed by atoms with Crippen molar-refractivity contribution in [1.29, 1.82) is 5.26 Å². The fourth-order valence-electron chi connectivity index (χ4n) is 4.60. The van der Waals surface area contributed by atoms with Crippen LogP contribution in [-0.4, -0.2) is 0 Å². The average Bonchev–Trinajstić information content (AvgIpc) is 2.59. The van der Waals surface area contributed by atoms with E-state index in [0.717, 1.165) is 43.4 Å². The predicted molar refractivity (Wildman–Crippen MR) is 89.8 cm³/mol. The first-order valence-corrected chi connectivity index (χ1v) is 9.48. The van der Waals surface area contributed by atoms with Crippen LogP contribution in [-0.2, 0) is 0 Å². The summed E-state index contributed by atoms with van der Waals surface area (Å²) in [7, 11) is 0. The lowest BCUT2D eigenvalue weighted by Crippen LogP contribution is -2.25. The standard InChI is InChI=1S/C20H32FN/c21-15-5-3-1-2-4-6-17-7-11-19(12-8-17)20-13-9-18(16-22)10-14-20/h5,15,17-20H,1-4,6-14H2. The molecule has 2 saturated carbocycles. The third-order valence-electron chi connectivity index (χ3n) is 6.08. The summed E-state index contributed by atoms with van der Waals surface area (Å²) in [5, 5.41) is 9.00. The normalized spacial score (nSPS) is 32.9. The zero-order valence-corrected chi connectivity index (χ0v) is 14.0. The summed E-state index contributed by atoms with van der Waals surface area (Å²) in [6, 6.07) is 2.45. The fraction of sp³-hybridized carbons (Fsp3) is 0.850. The van der Waals surface area contributed by atoms with Crippen LogP contribution in [0.1, 0.15) is 83.5 Å². The van der Waals surface area contributed by atoms with Crippen molar-refractivity contribution in [2.45, 2.75) is 83.5 Å². The molecule has 0 N–H and O–H groups in total. The van der Waals surface area contributed by atoms with Gasteiger partial charge in [-0.25, -0.2) is 4.39 Å². The van der Waals surface area contributed by atoms with Gasteiger partial charge in [-0.2, -0.15) is 5.26 Å². The van der Waals surface area contributed by atoms with Crippen LogP contribution in [0.4, 0.5) is 4.39 Å². The maximum Gasteiger partial charge on any atom is 0.0827 e. The Bertz CT molecular complexity index is 354. The smallest absolute Gasteiger partial charge is 0.0827 e. The van der Waals surface area contributed by atoms with E-state index in [4.69, 9.17) is 5.26 Å². The first kappa shape index (κ1) is 17.5. The topological polar surface area (TPSA) is 23.8 Å². The molecule has 0 aromatic carbocycles. The highest BCUT2D eigenvalue weighted by Gasteiger charge is 2.30. The zero-order valence-electron chi connectivity index (χ0n) is 14.0. The van der Waals surface area contributed by atoms with Crippen molar-refractivity contribution in [3.05, 3.63) is 12.4 Å². The van der Waals surface area contributed by atoms with Gasteiger partial charge in [-0.1, -0.05) is 38.2 Å². The number of hydrogen-bond donors (Lipinski definition) is 0. The molecule has 2 aliphatic rings. The van der Waals surface area contributed by atoms with Crippen LogP contribution in [0, 0.1) is 35.0 Å². The third-order valence-corrected chi connectivity index (χ3v) is 6.08. The number of hydrogen-bond acceptors (Lipinski definition) is 1. The molecule has 2 heteroatoms. The first-order chi connectivity index (χ1) is 10.8. The quantitative estimate of drug-likeness (QED) is 0.489. The van der Waals surface area contributed by atoms with E-state index in [1.54, 1.807) is 6.08 Å². The largest absolute Gasteiger partial charge is 0.216 e. The summed E-state index contributed by atoms with van der Waals surface area (Å²) in [6.45, 7) is 0. The van der Waals surface area contributed by atoms with Gasteiger partial charge in [0.15, 0.2) is 0 Å². The molecule has 2 fully saturated rings. The van der Waals surface area contributed by atoms with Gasteiger partial charge in [-0.05, 0) is 69.1 Å². The lowest BCUT2D eigenvalue weighted by atomic mass is 9.69. The van der Waals surface area contributed by atoms with Crippen molar-refractivity contribution in [1.82, 2.24) is 0 Å². The first-order valence-electron chi connectivity index (χ1n) is 9.48. The van der Waals surface area contributed by atoms with E-state index in [1.165, 1.54) is 57.8 Å². The maximum absolute atomic E-state index is 11.8. The summed E-state index contributed by atoms with van der Waals surface area (Å²) in [5.41, 5.74) is 0. The Hall–Kier alpha value is -0.840. The molecule has 0 radical (unpaired) electrons. The summed E-state index contributed by atoms with van der Waals surface area (Å²) in [6.07, 6.45) is 18.9. The van der Waals surface area contributed by atoms with Gasteiger partial charge in [0.2, 0.25) is 0 Å². The number of unbranched alkanes of at least 4 members (excludes halogenated alkanes) is 3. The molecule has 0 aliphatic heterocycles. The maximum atomic E-state index is 11.8. The van der Waals surface area contributed by atoms with Gasteiger partial charge >= 0.3 is 0 Å². The van der Waals surface area contributed by atoms with Crippen molar-refractivity contribution in [3.63, 3.8) is 0 Å². The molecule has 0 saturated heterocycles. The second-order valence-electron chi connectivity index (χ2n) is 7.52. The lowest BCUT2D eigenvalue weighted by Gasteiger charge is -2.36. The Kier molecular flexibility index (Phi) is 7.99. The molecular weight excluding hydrogens is 273 g/mol. The van der Waals surface area contributed by atoms with Gasteiger partial charge in [0.25, 0.3) is 0 Å². The van der Waals surface area contributed by atoms with Crippen LogP contribution in [0.2, 0.25) is 0 Å². The second kappa shape index (κ2) is 10.0. The highest BCUT2D eigenvalue weighted by Crippen LogP contribution is 2.42. The monoisotopic (exact) mass is 305 g/mol. The highest BCUT2D eigenvalue weighted by atomic mass is 19.1. The van der Waals surface area contributed by atoms with Crippen molar-refractivity contribution >= 4 is 0 Å². The Labute approximate surface area is 136 Å². The zero-order chi connectivity index (χ0) is 15.6. The number of halogens is 1. The van der Waals surface area contributed by atoms with Gasteiger partial charge in [-0.3, -0.25) is 0 Å². The summed E-state index contributed by atoms with van der Waals surface area (Å²) in [4.78, 5) is 0. The molecule has 124 valence electrons. The van der Waals surface area contributed by atoms with Crippen LogP contribution in [0.3, 0.4) is 0 Å². The summed E-state index contributed by atoms with van der Waals surface area (Å²) < 4.78 is 11.8. The van der Waals surface area contributed by atoms with Crippen LogP contribution in [0.15, 0.2) is 12.4 Å². The molecule has 0 atom stereocenters.